The van der Waals surface area contributed by atoms with Crippen molar-refractivity contribution in [1.82, 2.24) is 14.7 Å². The molecule has 5 rings (SSSR count). The normalized spacial score (nSPS) is 27.5. The minimum absolute atomic E-state index is 0.0410. The molecule has 0 aliphatic carbocycles. The fourth-order valence-corrected chi connectivity index (χ4v) is 5.68. The highest BCUT2D eigenvalue weighted by Gasteiger charge is 2.58. The molecule has 4 fully saturated rings. The summed E-state index contributed by atoms with van der Waals surface area (Å²) in [5.74, 6) is 0.401. The Morgan fingerprint density at radius 1 is 1.00 bits per heavy atom. The summed E-state index contributed by atoms with van der Waals surface area (Å²) in [6.45, 7) is 5.22. The highest BCUT2D eigenvalue weighted by Crippen LogP contribution is 2.42. The molecule has 1 aromatic rings. The number of carbonyl (C=O) groups is 2. The Balaban J connectivity index is 1.38. The van der Waals surface area contributed by atoms with Gasteiger partial charge in [0.1, 0.15) is 11.7 Å². The van der Waals surface area contributed by atoms with Gasteiger partial charge in [-0.1, -0.05) is 30.3 Å². The zero-order chi connectivity index (χ0) is 20.6. The van der Waals surface area contributed by atoms with Crippen LogP contribution in [-0.2, 0) is 25.6 Å². The number of hydrogen-bond acceptors (Lipinski definition) is 5. The first-order valence-corrected chi connectivity index (χ1v) is 11.3. The van der Waals surface area contributed by atoms with E-state index in [-0.39, 0.29) is 29.4 Å². The first-order valence-electron chi connectivity index (χ1n) is 11.3. The van der Waals surface area contributed by atoms with Crippen molar-refractivity contribution in [2.24, 2.45) is 5.92 Å². The molecule has 7 heteroatoms. The van der Waals surface area contributed by atoms with Crippen LogP contribution < -0.4 is 0 Å². The largest absolute Gasteiger partial charge is 0.381 e. The van der Waals surface area contributed by atoms with Crippen molar-refractivity contribution in [1.29, 1.82) is 0 Å². The Bertz CT molecular complexity index is 774. The van der Waals surface area contributed by atoms with Gasteiger partial charge in [0.15, 0.2) is 0 Å². The van der Waals surface area contributed by atoms with Crippen molar-refractivity contribution < 1.29 is 19.1 Å². The summed E-state index contributed by atoms with van der Waals surface area (Å²) < 4.78 is 11.1. The van der Waals surface area contributed by atoms with Crippen molar-refractivity contribution in [3.8, 4) is 0 Å². The molecule has 0 radical (unpaired) electrons. The highest BCUT2D eigenvalue weighted by atomic mass is 16.5. The molecule has 162 valence electrons. The SMILES string of the molecule is O=C(C1CCOCC1)N1CCN2[C@H](C1)C(=O)N(Cc1ccccc1)C21CCOCC1. The van der Waals surface area contributed by atoms with Crippen LogP contribution >= 0.6 is 0 Å². The van der Waals surface area contributed by atoms with Gasteiger partial charge >= 0.3 is 0 Å². The third-order valence-corrected chi connectivity index (χ3v) is 7.33. The molecule has 1 aromatic carbocycles. The third kappa shape index (κ3) is 3.43. The number of amides is 2. The lowest BCUT2D eigenvalue weighted by atomic mass is 9.95. The quantitative estimate of drug-likeness (QED) is 0.751. The van der Waals surface area contributed by atoms with Crippen molar-refractivity contribution in [3.63, 3.8) is 0 Å². The fraction of sp³-hybridized carbons (Fsp3) is 0.652. The van der Waals surface area contributed by atoms with Crippen molar-refractivity contribution in [3.05, 3.63) is 35.9 Å². The molecule has 0 saturated carbocycles. The van der Waals surface area contributed by atoms with Gasteiger partial charge in [-0.05, 0) is 18.4 Å². The topological polar surface area (TPSA) is 62.3 Å². The predicted octanol–water partition coefficient (Wildman–Crippen LogP) is 1.47. The van der Waals surface area contributed by atoms with Crippen LogP contribution in [-0.4, -0.2) is 84.3 Å². The zero-order valence-corrected chi connectivity index (χ0v) is 17.5. The van der Waals surface area contributed by atoms with E-state index in [1.54, 1.807) is 0 Å². The van der Waals surface area contributed by atoms with E-state index in [0.29, 0.717) is 46.1 Å². The minimum atomic E-state index is -0.288. The van der Waals surface area contributed by atoms with Crippen LogP contribution in [0.2, 0.25) is 0 Å². The number of fused-ring (bicyclic) bond motifs is 2. The van der Waals surface area contributed by atoms with E-state index in [1.807, 2.05) is 23.1 Å². The van der Waals surface area contributed by atoms with Crippen LogP contribution in [0, 0.1) is 5.92 Å². The van der Waals surface area contributed by atoms with Crippen molar-refractivity contribution >= 4 is 11.8 Å². The van der Waals surface area contributed by atoms with E-state index in [4.69, 9.17) is 9.47 Å². The second-order valence-electron chi connectivity index (χ2n) is 8.88. The molecule has 7 nitrogen and oxygen atoms in total. The maximum atomic E-state index is 13.6. The Hall–Kier alpha value is -1.96. The lowest BCUT2D eigenvalue weighted by Crippen LogP contribution is -2.62. The van der Waals surface area contributed by atoms with Gasteiger partial charge in [0.25, 0.3) is 0 Å². The molecule has 0 unspecified atom stereocenters. The van der Waals surface area contributed by atoms with Gasteiger partial charge in [0, 0.05) is 58.2 Å². The standard InChI is InChI=1S/C23H31N3O4/c27-21(19-6-12-29-13-7-19)24-10-11-25-20(17-24)22(28)26(16-18-4-2-1-3-5-18)23(25)8-14-30-15-9-23/h1-5,19-20H,6-17H2/t20-/m1/s1. The van der Waals surface area contributed by atoms with Crippen molar-refractivity contribution in [2.45, 2.75) is 43.9 Å². The average Bonchev–Trinajstić information content (AvgIpc) is 3.02. The zero-order valence-electron chi connectivity index (χ0n) is 17.5. The Morgan fingerprint density at radius 3 is 2.43 bits per heavy atom. The summed E-state index contributed by atoms with van der Waals surface area (Å²) >= 11 is 0. The van der Waals surface area contributed by atoms with Gasteiger partial charge in [0.2, 0.25) is 11.8 Å². The van der Waals surface area contributed by atoms with Gasteiger partial charge in [-0.2, -0.15) is 0 Å². The third-order valence-electron chi connectivity index (χ3n) is 7.33. The Kier molecular flexibility index (Phi) is 5.52. The number of nitrogens with zero attached hydrogens (tertiary/aromatic N) is 3. The molecule has 1 atom stereocenters. The average molecular weight is 414 g/mol. The lowest BCUT2D eigenvalue weighted by molar-refractivity contribution is -0.144. The smallest absolute Gasteiger partial charge is 0.243 e. The van der Waals surface area contributed by atoms with E-state index >= 15 is 0 Å². The number of ether oxygens (including phenoxy) is 2. The van der Waals surface area contributed by atoms with Gasteiger partial charge in [-0.15, -0.1) is 0 Å². The monoisotopic (exact) mass is 413 g/mol. The van der Waals surface area contributed by atoms with Crippen LogP contribution in [0.25, 0.3) is 0 Å². The number of benzene rings is 1. The van der Waals surface area contributed by atoms with Crippen LogP contribution in [0.1, 0.15) is 31.2 Å². The summed E-state index contributed by atoms with van der Waals surface area (Å²) in [5.41, 5.74) is 0.857. The molecule has 0 bridgehead atoms. The summed E-state index contributed by atoms with van der Waals surface area (Å²) in [7, 11) is 0. The molecule has 30 heavy (non-hydrogen) atoms. The van der Waals surface area contributed by atoms with Gasteiger partial charge in [0.05, 0.1) is 13.2 Å². The molecular formula is C23H31N3O4. The fourth-order valence-electron chi connectivity index (χ4n) is 5.68. The number of piperazine rings is 1. The van der Waals surface area contributed by atoms with E-state index in [2.05, 4.69) is 21.9 Å². The molecule has 4 aliphatic heterocycles. The first kappa shape index (κ1) is 20.0. The summed E-state index contributed by atoms with van der Waals surface area (Å²) in [6, 6.07) is 9.96. The molecule has 4 heterocycles. The van der Waals surface area contributed by atoms with Crippen LogP contribution in [0.15, 0.2) is 30.3 Å². The van der Waals surface area contributed by atoms with Gasteiger partial charge in [-0.25, -0.2) is 0 Å². The predicted molar refractivity (Wildman–Crippen MR) is 110 cm³/mol. The molecule has 2 amide bonds. The maximum Gasteiger partial charge on any atom is 0.243 e. The summed E-state index contributed by atoms with van der Waals surface area (Å²) in [4.78, 5) is 33.1. The summed E-state index contributed by atoms with van der Waals surface area (Å²) in [5, 5.41) is 0. The molecule has 4 saturated heterocycles. The first-order chi connectivity index (χ1) is 14.7. The number of hydrogen-bond donors (Lipinski definition) is 0. The Morgan fingerprint density at radius 2 is 1.70 bits per heavy atom. The van der Waals surface area contributed by atoms with Crippen LogP contribution in [0.5, 0.6) is 0 Å². The molecular weight excluding hydrogens is 382 g/mol. The minimum Gasteiger partial charge on any atom is -0.381 e. The number of carbonyl (C=O) groups excluding carboxylic acids is 2. The van der Waals surface area contributed by atoms with E-state index in [1.165, 1.54) is 0 Å². The van der Waals surface area contributed by atoms with E-state index in [9.17, 15) is 9.59 Å². The molecule has 0 N–H and O–H groups in total. The van der Waals surface area contributed by atoms with Crippen LogP contribution in [0.4, 0.5) is 0 Å². The van der Waals surface area contributed by atoms with Gasteiger partial charge in [-0.3, -0.25) is 14.5 Å². The molecule has 4 aliphatic rings. The van der Waals surface area contributed by atoms with E-state index < -0.39 is 0 Å². The van der Waals surface area contributed by atoms with E-state index in [0.717, 1.165) is 37.8 Å². The second-order valence-corrected chi connectivity index (χ2v) is 8.88. The second kappa shape index (κ2) is 8.29. The summed E-state index contributed by atoms with van der Waals surface area (Å²) in [6.07, 6.45) is 3.24. The van der Waals surface area contributed by atoms with Gasteiger partial charge < -0.3 is 19.3 Å². The number of rotatable bonds is 3. The highest BCUT2D eigenvalue weighted by molar-refractivity contribution is 5.87. The molecule has 1 spiro atoms. The Labute approximate surface area is 177 Å². The van der Waals surface area contributed by atoms with Crippen molar-refractivity contribution in [2.75, 3.05) is 46.1 Å². The maximum absolute atomic E-state index is 13.6. The molecule has 0 aromatic heterocycles. The lowest BCUT2D eigenvalue weighted by Gasteiger charge is -2.49. The van der Waals surface area contributed by atoms with Crippen LogP contribution in [0.3, 0.4) is 0 Å².